The van der Waals surface area contributed by atoms with E-state index in [-0.39, 0.29) is 10.8 Å². The highest BCUT2D eigenvalue weighted by molar-refractivity contribution is 7.89. The minimum atomic E-state index is -3.56. The van der Waals surface area contributed by atoms with Crippen molar-refractivity contribution in [2.75, 3.05) is 11.9 Å². The summed E-state index contributed by atoms with van der Waals surface area (Å²) < 4.78 is 26.9. The minimum absolute atomic E-state index is 0.108. The number of carbonyl (C=O) groups excluding carboxylic acids is 1. The molecule has 7 nitrogen and oxygen atoms in total. The first kappa shape index (κ1) is 15.7. The molecule has 0 saturated carbocycles. The van der Waals surface area contributed by atoms with Crippen LogP contribution in [0, 0.1) is 0 Å². The Morgan fingerprint density at radius 1 is 1.35 bits per heavy atom. The zero-order valence-electron chi connectivity index (χ0n) is 12.7. The molecule has 0 saturated heterocycles. The predicted molar refractivity (Wildman–Crippen MR) is 85.3 cm³/mol. The highest BCUT2D eigenvalue weighted by Crippen LogP contribution is 2.24. The Kier molecular flexibility index (Phi) is 4.18. The third kappa shape index (κ3) is 3.13. The number of rotatable bonds is 4. The highest BCUT2D eigenvalue weighted by atomic mass is 32.2. The first-order valence-electron chi connectivity index (χ1n) is 7.42. The first-order valence-corrected chi connectivity index (χ1v) is 8.86. The number of amides is 1. The number of hydrogen-bond acceptors (Lipinski definition) is 4. The van der Waals surface area contributed by atoms with Gasteiger partial charge < -0.3 is 10.3 Å². The van der Waals surface area contributed by atoms with Crippen molar-refractivity contribution in [2.45, 2.75) is 31.2 Å². The van der Waals surface area contributed by atoms with E-state index in [1.807, 2.05) is 0 Å². The monoisotopic (exact) mass is 334 g/mol. The largest absolute Gasteiger partial charge is 0.347 e. The fraction of sp³-hybridized carbons (Fsp3) is 0.333. The van der Waals surface area contributed by atoms with Crippen LogP contribution in [0.3, 0.4) is 0 Å². The van der Waals surface area contributed by atoms with Crippen LogP contribution in [-0.2, 0) is 27.8 Å². The van der Waals surface area contributed by atoms with Crippen LogP contribution in [0.4, 0.5) is 5.69 Å². The number of imidazole rings is 1. The van der Waals surface area contributed by atoms with Gasteiger partial charge in [-0.3, -0.25) is 4.79 Å². The van der Waals surface area contributed by atoms with Crippen LogP contribution >= 0.6 is 0 Å². The topological polar surface area (TPSA) is 95.2 Å². The van der Waals surface area contributed by atoms with Gasteiger partial charge in [-0.05, 0) is 24.3 Å². The minimum Gasteiger partial charge on any atom is -0.347 e. The first-order chi connectivity index (χ1) is 11.0. The van der Waals surface area contributed by atoms with E-state index in [0.29, 0.717) is 31.6 Å². The molecule has 0 atom stereocenters. The molecular weight excluding hydrogens is 316 g/mol. The van der Waals surface area contributed by atoms with Gasteiger partial charge >= 0.3 is 0 Å². The summed E-state index contributed by atoms with van der Waals surface area (Å²) in [5.41, 5.74) is 2.35. The number of carbonyl (C=O) groups is 1. The van der Waals surface area contributed by atoms with E-state index in [9.17, 15) is 13.2 Å². The number of fused-ring (bicyclic) bond motifs is 1. The van der Waals surface area contributed by atoms with E-state index in [0.717, 1.165) is 11.4 Å². The SMILES string of the molecule is CCC(=O)Nc1ccc(S(=O)(=O)N2CCc3nc[nH]c3C2)cc1. The summed E-state index contributed by atoms with van der Waals surface area (Å²) in [7, 11) is -3.56. The number of aromatic amines is 1. The molecule has 0 spiro atoms. The van der Waals surface area contributed by atoms with Crippen LogP contribution in [0.15, 0.2) is 35.5 Å². The smallest absolute Gasteiger partial charge is 0.243 e. The Morgan fingerprint density at radius 2 is 2.09 bits per heavy atom. The molecule has 1 aromatic heterocycles. The highest BCUT2D eigenvalue weighted by Gasteiger charge is 2.29. The molecule has 8 heteroatoms. The zero-order valence-corrected chi connectivity index (χ0v) is 13.6. The summed E-state index contributed by atoms with van der Waals surface area (Å²) >= 11 is 0. The molecular formula is C15H18N4O3S. The molecule has 1 aliphatic rings. The van der Waals surface area contributed by atoms with Crippen LogP contribution in [0.25, 0.3) is 0 Å². The molecule has 1 aromatic carbocycles. The Labute approximate surface area is 134 Å². The van der Waals surface area contributed by atoms with Gasteiger partial charge in [-0.1, -0.05) is 6.92 Å². The molecule has 0 unspecified atom stereocenters. The molecule has 0 fully saturated rings. The number of hydrogen-bond donors (Lipinski definition) is 2. The molecule has 2 aromatic rings. The average molecular weight is 334 g/mol. The van der Waals surface area contributed by atoms with Gasteiger partial charge in [0.25, 0.3) is 0 Å². The Hall–Kier alpha value is -2.19. The summed E-state index contributed by atoms with van der Waals surface area (Å²) in [6.07, 6.45) is 2.56. The maximum absolute atomic E-state index is 12.7. The van der Waals surface area contributed by atoms with E-state index < -0.39 is 10.0 Å². The van der Waals surface area contributed by atoms with Crippen LogP contribution in [0.5, 0.6) is 0 Å². The number of benzene rings is 1. The second-order valence-corrected chi connectivity index (χ2v) is 7.28. The Morgan fingerprint density at radius 3 is 2.78 bits per heavy atom. The summed E-state index contributed by atoms with van der Waals surface area (Å²) in [4.78, 5) is 18.7. The van der Waals surface area contributed by atoms with E-state index in [1.54, 1.807) is 25.4 Å². The second-order valence-electron chi connectivity index (χ2n) is 5.34. The van der Waals surface area contributed by atoms with Gasteiger partial charge in [0.15, 0.2) is 0 Å². The normalized spacial score (nSPS) is 15.2. The summed E-state index contributed by atoms with van der Waals surface area (Å²) in [5, 5.41) is 2.70. The summed E-state index contributed by atoms with van der Waals surface area (Å²) in [6, 6.07) is 6.24. The fourth-order valence-corrected chi connectivity index (χ4v) is 3.91. The fourth-order valence-electron chi connectivity index (χ4n) is 2.50. The van der Waals surface area contributed by atoms with Crippen molar-refractivity contribution < 1.29 is 13.2 Å². The van der Waals surface area contributed by atoms with Gasteiger partial charge in [0.1, 0.15) is 0 Å². The quantitative estimate of drug-likeness (QED) is 0.886. The van der Waals surface area contributed by atoms with Crippen molar-refractivity contribution in [1.82, 2.24) is 14.3 Å². The number of sulfonamides is 1. The maximum atomic E-state index is 12.7. The van der Waals surface area contributed by atoms with Crippen molar-refractivity contribution in [3.63, 3.8) is 0 Å². The third-order valence-corrected chi connectivity index (χ3v) is 5.70. The number of nitrogens with one attached hydrogen (secondary N) is 2. The van der Waals surface area contributed by atoms with E-state index in [1.165, 1.54) is 16.4 Å². The standard InChI is InChI=1S/C15H18N4O3S/c1-2-15(20)18-11-3-5-12(6-4-11)23(21,22)19-8-7-13-14(9-19)17-10-16-13/h3-6,10H,2,7-9H2,1H3,(H,16,17)(H,18,20). The lowest BCUT2D eigenvalue weighted by Gasteiger charge is -2.25. The van der Waals surface area contributed by atoms with Gasteiger partial charge in [0, 0.05) is 25.1 Å². The van der Waals surface area contributed by atoms with Gasteiger partial charge in [-0.2, -0.15) is 4.31 Å². The number of H-pyrrole nitrogens is 1. The number of nitrogens with zero attached hydrogens (tertiary/aromatic N) is 2. The lowest BCUT2D eigenvalue weighted by Crippen LogP contribution is -2.36. The van der Waals surface area contributed by atoms with Crippen molar-refractivity contribution in [1.29, 1.82) is 0 Å². The second kappa shape index (κ2) is 6.13. The van der Waals surface area contributed by atoms with Gasteiger partial charge in [-0.15, -0.1) is 0 Å². The van der Waals surface area contributed by atoms with Crippen LogP contribution in [0.2, 0.25) is 0 Å². The van der Waals surface area contributed by atoms with Crippen molar-refractivity contribution in [2.24, 2.45) is 0 Å². The van der Waals surface area contributed by atoms with E-state index in [4.69, 9.17) is 0 Å². The lowest BCUT2D eigenvalue weighted by molar-refractivity contribution is -0.115. The number of anilines is 1. The molecule has 2 N–H and O–H groups in total. The molecule has 2 heterocycles. The van der Waals surface area contributed by atoms with Gasteiger partial charge in [0.05, 0.1) is 29.2 Å². The van der Waals surface area contributed by atoms with Crippen molar-refractivity contribution in [3.8, 4) is 0 Å². The molecule has 0 radical (unpaired) electrons. The molecule has 1 aliphatic heterocycles. The third-order valence-electron chi connectivity index (χ3n) is 3.84. The van der Waals surface area contributed by atoms with Crippen molar-refractivity contribution >= 4 is 21.6 Å². The number of aromatic nitrogens is 2. The summed E-state index contributed by atoms with van der Waals surface area (Å²) in [6.45, 7) is 2.47. The predicted octanol–water partition coefficient (Wildman–Crippen LogP) is 1.51. The van der Waals surface area contributed by atoms with Crippen LogP contribution in [0.1, 0.15) is 24.7 Å². The van der Waals surface area contributed by atoms with Crippen LogP contribution in [-0.4, -0.2) is 35.1 Å². The van der Waals surface area contributed by atoms with Gasteiger partial charge in [0.2, 0.25) is 15.9 Å². The zero-order chi connectivity index (χ0) is 16.4. The van der Waals surface area contributed by atoms with Crippen molar-refractivity contribution in [3.05, 3.63) is 42.0 Å². The molecule has 1 amide bonds. The lowest BCUT2D eigenvalue weighted by atomic mass is 10.2. The molecule has 0 aliphatic carbocycles. The van der Waals surface area contributed by atoms with Crippen LogP contribution < -0.4 is 5.32 Å². The summed E-state index contributed by atoms with van der Waals surface area (Å²) in [5.74, 6) is -0.108. The Balaban J connectivity index is 1.79. The average Bonchev–Trinajstić information content (AvgIpc) is 3.02. The van der Waals surface area contributed by atoms with Gasteiger partial charge in [-0.25, -0.2) is 13.4 Å². The molecule has 122 valence electrons. The molecule has 23 heavy (non-hydrogen) atoms. The maximum Gasteiger partial charge on any atom is 0.243 e. The van der Waals surface area contributed by atoms with E-state index in [2.05, 4.69) is 15.3 Å². The van der Waals surface area contributed by atoms with E-state index >= 15 is 0 Å². The molecule has 0 bridgehead atoms. The Bertz CT molecular complexity index is 812. The molecule has 3 rings (SSSR count).